The predicted octanol–water partition coefficient (Wildman–Crippen LogP) is 17.7. The van der Waals surface area contributed by atoms with Crippen molar-refractivity contribution in [1.29, 1.82) is 0 Å². The summed E-state index contributed by atoms with van der Waals surface area (Å²) >= 11 is 0. The van der Waals surface area contributed by atoms with Gasteiger partial charge in [-0.25, -0.2) is 4.57 Å². The van der Waals surface area contributed by atoms with E-state index in [1.807, 2.05) is 6.08 Å². The summed E-state index contributed by atoms with van der Waals surface area (Å²) in [5.74, 6) is -1.61. The summed E-state index contributed by atoms with van der Waals surface area (Å²) in [5.41, 5.74) is 0. The van der Waals surface area contributed by atoms with Gasteiger partial charge in [-0.1, -0.05) is 204 Å². The lowest BCUT2D eigenvalue weighted by molar-refractivity contribution is -0.161. The Hall–Kier alpha value is -4.90. The zero-order valence-electron chi connectivity index (χ0n) is 48.3. The Morgan fingerprint density at radius 3 is 1.01 bits per heavy atom. The molecule has 0 rings (SSSR count). The first-order chi connectivity index (χ1) is 38.2. The number of carbonyl (C=O) groups excluding carboxylic acids is 3. The van der Waals surface area contributed by atoms with E-state index in [0.29, 0.717) is 25.7 Å². The Bertz CT molecular complexity index is 1910. The summed E-state index contributed by atoms with van der Waals surface area (Å²) in [6.45, 7) is 4.16. The summed E-state index contributed by atoms with van der Waals surface area (Å²) in [5, 5.41) is 9.82. The molecule has 0 fully saturated rings. The van der Waals surface area contributed by atoms with Crippen LogP contribution in [0.15, 0.2) is 158 Å². The average Bonchev–Trinajstić information content (AvgIpc) is 3.43. The topological polar surface area (TPSA) is 155 Å². The summed E-state index contributed by atoms with van der Waals surface area (Å²) in [4.78, 5) is 48.6. The molecule has 0 bridgehead atoms. The second-order valence-electron chi connectivity index (χ2n) is 18.7. The summed E-state index contributed by atoms with van der Waals surface area (Å²) in [7, 11) is -4.79. The Labute approximate surface area is 473 Å². The molecule has 12 heteroatoms. The summed E-state index contributed by atoms with van der Waals surface area (Å²) in [6.07, 6.45) is 76.3. The maximum atomic E-state index is 12.9. The monoisotopic (exact) mass is 1100 g/mol. The predicted molar refractivity (Wildman–Crippen MR) is 325 cm³/mol. The summed E-state index contributed by atoms with van der Waals surface area (Å²) in [6, 6.07) is 0. The standard InChI is InChI=1S/C66H103O11P/c1-4-7-10-13-16-19-22-25-28-30-31-33-36-39-42-45-48-51-54-57-66(70)77-63(59-73-64(68)55-52-49-46-43-40-37-35-32-29-26-23-20-17-14-11-8-5-2)61-75-78(71,72)74-60-62(58-67)76-65(69)56-53-50-47-44-41-38-34-27-24-21-18-15-12-9-6-3/h7-12,16-21,25-29,31,33-35,37,39,42-43,46,62-63,67H,4-6,13-15,22-24,30,32,36,38,40-41,44-45,47-61H2,1-3H3,(H,71,72)/b10-7-,11-8-,12-9-,19-16-,20-17-,21-18-,28-25-,29-26-,33-31-,34-27-,37-35-,42-39-,46-43-. The molecule has 438 valence electrons. The Kier molecular flexibility index (Phi) is 54.6. The van der Waals surface area contributed by atoms with Gasteiger partial charge in [-0.15, -0.1) is 0 Å². The van der Waals surface area contributed by atoms with Crippen LogP contribution < -0.4 is 0 Å². The molecule has 0 aliphatic rings. The highest BCUT2D eigenvalue weighted by molar-refractivity contribution is 7.47. The molecule has 0 spiro atoms. The molecule has 0 aliphatic carbocycles. The number of ether oxygens (including phenoxy) is 3. The van der Waals surface area contributed by atoms with Crippen molar-refractivity contribution in [2.45, 2.75) is 213 Å². The number of phosphoric acid groups is 1. The first-order valence-corrected chi connectivity index (χ1v) is 30.9. The van der Waals surface area contributed by atoms with Crippen LogP contribution in [0.1, 0.15) is 201 Å². The van der Waals surface area contributed by atoms with Gasteiger partial charge in [0.05, 0.1) is 19.8 Å². The van der Waals surface area contributed by atoms with Gasteiger partial charge in [-0.05, 0) is 135 Å². The maximum Gasteiger partial charge on any atom is 0.472 e. The number of hydrogen-bond acceptors (Lipinski definition) is 10. The fraction of sp³-hybridized carbons (Fsp3) is 0.561. The molecule has 0 amide bonds. The number of aliphatic hydroxyl groups excluding tert-OH is 1. The zero-order valence-corrected chi connectivity index (χ0v) is 49.2. The van der Waals surface area contributed by atoms with Crippen molar-refractivity contribution in [3.05, 3.63) is 158 Å². The molecular weight excluding hydrogens is 1000 g/mol. The highest BCUT2D eigenvalue weighted by atomic mass is 31.2. The minimum absolute atomic E-state index is 0.105. The third-order valence-electron chi connectivity index (χ3n) is 11.4. The van der Waals surface area contributed by atoms with E-state index < -0.39 is 57.8 Å². The smallest absolute Gasteiger partial charge is 0.462 e. The number of esters is 3. The average molecular weight is 1100 g/mol. The van der Waals surface area contributed by atoms with Gasteiger partial charge in [0.25, 0.3) is 0 Å². The molecule has 0 saturated carbocycles. The molecule has 3 atom stereocenters. The van der Waals surface area contributed by atoms with Crippen LogP contribution in [0.25, 0.3) is 0 Å². The molecular formula is C66H103O11P. The van der Waals surface area contributed by atoms with E-state index in [1.54, 1.807) is 0 Å². The van der Waals surface area contributed by atoms with Crippen molar-refractivity contribution in [2.75, 3.05) is 26.4 Å². The van der Waals surface area contributed by atoms with E-state index in [-0.39, 0.29) is 25.9 Å². The number of carbonyl (C=O) groups is 3. The summed E-state index contributed by atoms with van der Waals surface area (Å²) < 4.78 is 39.5. The van der Waals surface area contributed by atoms with Gasteiger partial charge in [-0.3, -0.25) is 23.4 Å². The van der Waals surface area contributed by atoms with Crippen molar-refractivity contribution in [2.24, 2.45) is 0 Å². The van der Waals surface area contributed by atoms with Crippen LogP contribution in [0.3, 0.4) is 0 Å². The number of allylic oxidation sites excluding steroid dienone is 26. The zero-order chi connectivity index (χ0) is 56.9. The van der Waals surface area contributed by atoms with Gasteiger partial charge in [0.1, 0.15) is 12.7 Å². The molecule has 0 saturated heterocycles. The minimum Gasteiger partial charge on any atom is -0.462 e. The molecule has 2 N–H and O–H groups in total. The molecule has 0 radical (unpaired) electrons. The van der Waals surface area contributed by atoms with E-state index in [9.17, 15) is 28.9 Å². The first kappa shape index (κ1) is 73.1. The first-order valence-electron chi connectivity index (χ1n) is 29.4. The van der Waals surface area contributed by atoms with Gasteiger partial charge in [0.15, 0.2) is 6.10 Å². The van der Waals surface area contributed by atoms with Crippen molar-refractivity contribution in [3.8, 4) is 0 Å². The number of hydrogen-bond donors (Lipinski definition) is 2. The number of rotatable bonds is 52. The van der Waals surface area contributed by atoms with Crippen LogP contribution in [0.4, 0.5) is 0 Å². The van der Waals surface area contributed by atoms with E-state index in [0.717, 1.165) is 135 Å². The molecule has 0 aromatic rings. The van der Waals surface area contributed by atoms with Crippen molar-refractivity contribution in [3.63, 3.8) is 0 Å². The third-order valence-corrected chi connectivity index (χ3v) is 12.4. The van der Waals surface area contributed by atoms with E-state index >= 15 is 0 Å². The van der Waals surface area contributed by atoms with Gasteiger partial charge in [-0.2, -0.15) is 0 Å². The molecule has 0 aliphatic heterocycles. The quantitative estimate of drug-likeness (QED) is 0.0197. The lowest BCUT2D eigenvalue weighted by Gasteiger charge is -2.21. The van der Waals surface area contributed by atoms with Gasteiger partial charge < -0.3 is 24.2 Å². The fourth-order valence-electron chi connectivity index (χ4n) is 7.08. The lowest BCUT2D eigenvalue weighted by Crippen LogP contribution is -2.30. The van der Waals surface area contributed by atoms with Crippen LogP contribution in [-0.4, -0.2) is 66.5 Å². The second kappa shape index (κ2) is 58.3. The molecule has 11 nitrogen and oxygen atoms in total. The maximum absolute atomic E-state index is 12.9. The van der Waals surface area contributed by atoms with Crippen LogP contribution in [-0.2, 0) is 42.2 Å². The van der Waals surface area contributed by atoms with Crippen LogP contribution in [0.5, 0.6) is 0 Å². The Morgan fingerprint density at radius 2 is 0.641 bits per heavy atom. The molecule has 78 heavy (non-hydrogen) atoms. The highest BCUT2D eigenvalue weighted by Gasteiger charge is 2.28. The Morgan fingerprint density at radius 1 is 0.359 bits per heavy atom. The lowest BCUT2D eigenvalue weighted by atomic mass is 10.1. The van der Waals surface area contributed by atoms with Crippen molar-refractivity contribution in [1.82, 2.24) is 0 Å². The normalized spacial score (nSPS) is 14.5. The van der Waals surface area contributed by atoms with Gasteiger partial charge in [0, 0.05) is 19.3 Å². The number of phosphoric ester groups is 1. The largest absolute Gasteiger partial charge is 0.472 e. The number of aliphatic hydroxyl groups is 1. The highest BCUT2D eigenvalue weighted by Crippen LogP contribution is 2.43. The number of unbranched alkanes of at least 4 members (excludes halogenated alkanes) is 9. The van der Waals surface area contributed by atoms with Crippen LogP contribution >= 0.6 is 7.82 Å². The third kappa shape index (κ3) is 55.8. The van der Waals surface area contributed by atoms with E-state index in [1.165, 1.54) is 0 Å². The fourth-order valence-corrected chi connectivity index (χ4v) is 7.86. The van der Waals surface area contributed by atoms with Crippen LogP contribution in [0.2, 0.25) is 0 Å². The van der Waals surface area contributed by atoms with E-state index in [2.05, 4.69) is 173 Å². The SMILES string of the molecule is CC/C=C\C/C=C\C/C=C\C/C=C\C/C=C\CCCCCC(=O)OC(COC(=O)CCC/C=C\C/C=C\C/C=C\C/C=C\C/C=C\CC)COP(=O)(O)OCC(CO)OC(=O)CCCCCCC/C=C\C/C=C\C/C=C\CC. The van der Waals surface area contributed by atoms with Gasteiger partial charge in [0.2, 0.25) is 0 Å². The molecule has 0 heterocycles. The van der Waals surface area contributed by atoms with Crippen LogP contribution in [0, 0.1) is 0 Å². The van der Waals surface area contributed by atoms with Gasteiger partial charge >= 0.3 is 25.7 Å². The van der Waals surface area contributed by atoms with Crippen molar-refractivity contribution >= 4 is 25.7 Å². The minimum atomic E-state index is -4.79. The van der Waals surface area contributed by atoms with E-state index in [4.69, 9.17) is 23.3 Å². The molecule has 0 aromatic heterocycles. The molecule has 0 aromatic carbocycles. The Balaban J connectivity index is 4.91. The van der Waals surface area contributed by atoms with Crippen molar-refractivity contribution < 1.29 is 52.2 Å². The second-order valence-corrected chi connectivity index (χ2v) is 20.1. The molecule has 3 unspecified atom stereocenters.